The molecule has 3 N–H and O–H groups in total. The van der Waals surface area contributed by atoms with E-state index in [1.165, 1.54) is 6.08 Å². The van der Waals surface area contributed by atoms with E-state index in [1.807, 2.05) is 54.6 Å². The van der Waals surface area contributed by atoms with Crippen LogP contribution in [-0.2, 0) is 9.53 Å². The zero-order chi connectivity index (χ0) is 17.2. The molecule has 0 fully saturated rings. The number of ether oxygens (including phenoxy) is 1. The minimum Gasteiger partial charge on any atom is -0.433 e. The highest BCUT2D eigenvalue weighted by Gasteiger charge is 2.07. The van der Waals surface area contributed by atoms with Crippen molar-refractivity contribution in [2.24, 2.45) is 0 Å². The Morgan fingerprint density at radius 3 is 2.38 bits per heavy atom. The van der Waals surface area contributed by atoms with Gasteiger partial charge in [-0.25, -0.2) is 4.79 Å². The summed E-state index contributed by atoms with van der Waals surface area (Å²) in [5.74, 6) is -0.540. The van der Waals surface area contributed by atoms with E-state index in [2.05, 4.69) is 10.6 Å². The van der Waals surface area contributed by atoms with E-state index in [4.69, 9.17) is 4.74 Å². The second-order valence-corrected chi connectivity index (χ2v) is 5.18. The Morgan fingerprint density at radius 2 is 1.71 bits per heavy atom. The number of para-hydroxylation sites is 1. The Kier molecular flexibility index (Phi) is 6.86. The van der Waals surface area contributed by atoms with Crippen molar-refractivity contribution in [3.63, 3.8) is 0 Å². The fourth-order valence-electron chi connectivity index (χ4n) is 2.07. The molecule has 0 aliphatic heterocycles. The Labute approximate surface area is 142 Å². The number of esters is 1. The first-order valence-electron chi connectivity index (χ1n) is 7.85. The lowest BCUT2D eigenvalue weighted by atomic mass is 10.2. The van der Waals surface area contributed by atoms with Gasteiger partial charge >= 0.3 is 5.97 Å². The third-order valence-electron chi connectivity index (χ3n) is 3.22. The van der Waals surface area contributed by atoms with Gasteiger partial charge in [-0.15, -0.1) is 0 Å². The van der Waals surface area contributed by atoms with Crippen molar-refractivity contribution < 1.29 is 14.6 Å². The number of allylic oxidation sites excluding steroid dienone is 1. The fourth-order valence-corrected chi connectivity index (χ4v) is 2.07. The van der Waals surface area contributed by atoms with Crippen LogP contribution in [-0.4, -0.2) is 23.9 Å². The maximum Gasteiger partial charge on any atom is 0.332 e. The normalized spacial score (nSPS) is 11.9. The van der Waals surface area contributed by atoms with Gasteiger partial charge in [-0.3, -0.25) is 0 Å². The smallest absolute Gasteiger partial charge is 0.332 e. The highest BCUT2D eigenvalue weighted by molar-refractivity contribution is 5.81. The van der Waals surface area contributed by atoms with Gasteiger partial charge in [0.15, 0.2) is 0 Å². The molecule has 2 aromatic carbocycles. The molecule has 0 aliphatic carbocycles. The molecule has 2 rings (SSSR count). The molecular weight excluding hydrogens is 304 g/mol. The summed E-state index contributed by atoms with van der Waals surface area (Å²) in [6.07, 6.45) is 2.04. The predicted octanol–water partition coefficient (Wildman–Crippen LogP) is 3.67. The van der Waals surface area contributed by atoms with Crippen LogP contribution in [0.4, 0.5) is 17.1 Å². The van der Waals surface area contributed by atoms with Crippen molar-refractivity contribution in [2.75, 3.05) is 17.2 Å². The highest BCUT2D eigenvalue weighted by atomic mass is 16.6. The van der Waals surface area contributed by atoms with Crippen LogP contribution in [0.1, 0.15) is 13.3 Å². The van der Waals surface area contributed by atoms with Crippen molar-refractivity contribution in [1.29, 1.82) is 0 Å². The lowest BCUT2D eigenvalue weighted by Crippen LogP contribution is -2.19. The minimum atomic E-state index is -1.11. The first-order chi connectivity index (χ1) is 11.7. The van der Waals surface area contributed by atoms with E-state index in [0.29, 0.717) is 13.0 Å². The zero-order valence-electron chi connectivity index (χ0n) is 13.6. The maximum atomic E-state index is 11.2. The number of benzene rings is 2. The molecule has 0 saturated heterocycles. The number of aliphatic hydroxyl groups excluding tert-OH is 1. The van der Waals surface area contributed by atoms with Gasteiger partial charge in [0.25, 0.3) is 0 Å². The quantitative estimate of drug-likeness (QED) is 0.392. The standard InChI is InChI=1S/C19H22N2O3/c1-2-6-18(22)24-19(23)13-14-20-15-9-11-17(12-10-15)21-16-7-4-3-5-8-16/h2-12,19-21,23H,13-14H2,1H3. The maximum absolute atomic E-state index is 11.2. The summed E-state index contributed by atoms with van der Waals surface area (Å²) < 4.78 is 4.79. The van der Waals surface area contributed by atoms with Crippen molar-refractivity contribution in [3.05, 3.63) is 66.7 Å². The number of hydrogen-bond donors (Lipinski definition) is 3. The third-order valence-corrected chi connectivity index (χ3v) is 3.22. The summed E-state index contributed by atoms with van der Waals surface area (Å²) >= 11 is 0. The molecular formula is C19H22N2O3. The van der Waals surface area contributed by atoms with Gasteiger partial charge in [0, 0.05) is 36.1 Å². The topological polar surface area (TPSA) is 70.6 Å². The average Bonchev–Trinajstić information content (AvgIpc) is 2.57. The summed E-state index contributed by atoms with van der Waals surface area (Å²) in [5.41, 5.74) is 2.96. The lowest BCUT2D eigenvalue weighted by molar-refractivity contribution is -0.161. The van der Waals surface area contributed by atoms with Crippen LogP contribution in [0.25, 0.3) is 0 Å². The number of anilines is 3. The van der Waals surface area contributed by atoms with Crippen molar-refractivity contribution in [1.82, 2.24) is 0 Å². The van der Waals surface area contributed by atoms with Crippen LogP contribution < -0.4 is 10.6 Å². The molecule has 0 aliphatic rings. The van der Waals surface area contributed by atoms with Crippen LogP contribution in [0.15, 0.2) is 66.7 Å². The summed E-state index contributed by atoms with van der Waals surface area (Å²) in [4.78, 5) is 11.2. The summed E-state index contributed by atoms with van der Waals surface area (Å²) in [6.45, 7) is 2.21. The number of carbonyl (C=O) groups is 1. The summed E-state index contributed by atoms with van der Waals surface area (Å²) in [5, 5.41) is 16.1. The van der Waals surface area contributed by atoms with Crippen LogP contribution >= 0.6 is 0 Å². The molecule has 126 valence electrons. The van der Waals surface area contributed by atoms with E-state index in [0.717, 1.165) is 17.1 Å². The molecule has 0 aromatic heterocycles. The Morgan fingerprint density at radius 1 is 1.08 bits per heavy atom. The van der Waals surface area contributed by atoms with Gasteiger partial charge in [0.05, 0.1) is 0 Å². The molecule has 0 spiro atoms. The summed E-state index contributed by atoms with van der Waals surface area (Å²) in [6, 6.07) is 17.8. The first-order valence-corrected chi connectivity index (χ1v) is 7.85. The fraction of sp³-hybridized carbons (Fsp3) is 0.211. The van der Waals surface area contributed by atoms with E-state index < -0.39 is 12.3 Å². The highest BCUT2D eigenvalue weighted by Crippen LogP contribution is 2.18. The molecule has 0 bridgehead atoms. The van der Waals surface area contributed by atoms with Crippen LogP contribution in [0.3, 0.4) is 0 Å². The van der Waals surface area contributed by atoms with E-state index in [9.17, 15) is 9.90 Å². The lowest BCUT2D eigenvalue weighted by Gasteiger charge is -2.12. The summed E-state index contributed by atoms with van der Waals surface area (Å²) in [7, 11) is 0. The Hall–Kier alpha value is -2.79. The zero-order valence-corrected chi connectivity index (χ0v) is 13.6. The third kappa shape index (κ3) is 6.14. The SMILES string of the molecule is CC=CC(=O)OC(O)CCNc1ccc(Nc2ccccc2)cc1. The monoisotopic (exact) mass is 326 g/mol. The van der Waals surface area contributed by atoms with Crippen LogP contribution in [0, 0.1) is 0 Å². The van der Waals surface area contributed by atoms with Gasteiger partial charge in [0.2, 0.25) is 6.29 Å². The number of carbonyl (C=O) groups excluding carboxylic acids is 1. The predicted molar refractivity (Wildman–Crippen MR) is 96.2 cm³/mol. The number of nitrogens with one attached hydrogen (secondary N) is 2. The van der Waals surface area contributed by atoms with E-state index >= 15 is 0 Å². The number of rotatable bonds is 8. The van der Waals surface area contributed by atoms with Crippen molar-refractivity contribution >= 4 is 23.0 Å². The van der Waals surface area contributed by atoms with E-state index in [-0.39, 0.29) is 0 Å². The van der Waals surface area contributed by atoms with Crippen molar-refractivity contribution in [2.45, 2.75) is 19.6 Å². The Balaban J connectivity index is 1.75. The molecule has 5 heteroatoms. The van der Waals surface area contributed by atoms with E-state index in [1.54, 1.807) is 13.0 Å². The first kappa shape index (κ1) is 17.6. The van der Waals surface area contributed by atoms with Crippen LogP contribution in [0.2, 0.25) is 0 Å². The molecule has 0 saturated carbocycles. The molecule has 1 atom stereocenters. The second kappa shape index (κ2) is 9.37. The molecule has 0 amide bonds. The van der Waals surface area contributed by atoms with Crippen LogP contribution in [0.5, 0.6) is 0 Å². The van der Waals surface area contributed by atoms with Gasteiger partial charge in [0.1, 0.15) is 0 Å². The van der Waals surface area contributed by atoms with Gasteiger partial charge in [-0.2, -0.15) is 0 Å². The van der Waals surface area contributed by atoms with Crippen molar-refractivity contribution in [3.8, 4) is 0 Å². The number of aliphatic hydroxyl groups is 1. The molecule has 0 heterocycles. The van der Waals surface area contributed by atoms with Gasteiger partial charge in [-0.05, 0) is 43.3 Å². The molecule has 1 unspecified atom stereocenters. The molecule has 24 heavy (non-hydrogen) atoms. The minimum absolute atomic E-state index is 0.313. The molecule has 5 nitrogen and oxygen atoms in total. The van der Waals surface area contributed by atoms with Gasteiger partial charge in [-0.1, -0.05) is 24.3 Å². The molecule has 2 aromatic rings. The average molecular weight is 326 g/mol. The number of hydrogen-bond acceptors (Lipinski definition) is 5. The molecule has 0 radical (unpaired) electrons. The largest absolute Gasteiger partial charge is 0.433 e. The van der Waals surface area contributed by atoms with Gasteiger partial charge < -0.3 is 20.5 Å². The second-order valence-electron chi connectivity index (χ2n) is 5.18. The Bertz CT molecular complexity index is 654.